The highest BCUT2D eigenvalue weighted by molar-refractivity contribution is 6.30. The fourth-order valence-electron chi connectivity index (χ4n) is 1.38. The van der Waals surface area contributed by atoms with Crippen molar-refractivity contribution < 1.29 is 9.18 Å². The maximum atomic E-state index is 12.9. The van der Waals surface area contributed by atoms with Gasteiger partial charge < -0.3 is 0 Å². The van der Waals surface area contributed by atoms with Crippen LogP contribution < -0.4 is 0 Å². The van der Waals surface area contributed by atoms with Crippen LogP contribution >= 0.6 is 11.6 Å². The van der Waals surface area contributed by atoms with E-state index in [4.69, 9.17) is 11.6 Å². The molecular weight excluding hydrogens is 243 g/mol. The quantitative estimate of drug-likeness (QED) is 0.787. The number of nitrogens with zero attached hydrogens (tertiary/aromatic N) is 2. The molecule has 1 aromatic heterocycles. The molecule has 2 rings (SSSR count). The summed E-state index contributed by atoms with van der Waals surface area (Å²) in [6.45, 7) is 0. The standard InChI is InChI=1S/C12H8ClFN2O/c13-9-5-8(1-2-10(9)14)6-12(17)11-3-4-15-7-16-11/h1-5,7H,6H2. The molecule has 0 bridgehead atoms. The van der Waals surface area contributed by atoms with Crippen LogP contribution in [-0.2, 0) is 6.42 Å². The van der Waals surface area contributed by atoms with Crippen molar-refractivity contribution in [3.8, 4) is 0 Å². The van der Waals surface area contributed by atoms with Gasteiger partial charge in [0.05, 0.1) is 5.02 Å². The highest BCUT2D eigenvalue weighted by Crippen LogP contribution is 2.17. The third-order valence-corrected chi connectivity index (χ3v) is 2.51. The molecule has 17 heavy (non-hydrogen) atoms. The summed E-state index contributed by atoms with van der Waals surface area (Å²) >= 11 is 5.63. The highest BCUT2D eigenvalue weighted by atomic mass is 35.5. The molecule has 5 heteroatoms. The van der Waals surface area contributed by atoms with Crippen LogP contribution in [0.2, 0.25) is 5.02 Å². The number of ketones is 1. The monoisotopic (exact) mass is 250 g/mol. The molecule has 1 aromatic carbocycles. The van der Waals surface area contributed by atoms with Gasteiger partial charge in [-0.25, -0.2) is 14.4 Å². The first-order valence-corrected chi connectivity index (χ1v) is 5.28. The van der Waals surface area contributed by atoms with Crippen LogP contribution in [0.5, 0.6) is 0 Å². The number of hydrogen-bond acceptors (Lipinski definition) is 3. The average molecular weight is 251 g/mol. The molecule has 0 aliphatic heterocycles. The van der Waals surface area contributed by atoms with Crippen molar-refractivity contribution in [3.05, 3.63) is 58.9 Å². The lowest BCUT2D eigenvalue weighted by Crippen LogP contribution is -2.06. The second-order valence-corrected chi connectivity index (χ2v) is 3.85. The van der Waals surface area contributed by atoms with E-state index in [1.165, 1.54) is 36.8 Å². The van der Waals surface area contributed by atoms with Crippen molar-refractivity contribution in [2.24, 2.45) is 0 Å². The average Bonchev–Trinajstić information content (AvgIpc) is 2.35. The van der Waals surface area contributed by atoms with E-state index in [0.29, 0.717) is 11.3 Å². The zero-order valence-electron chi connectivity index (χ0n) is 8.73. The zero-order chi connectivity index (χ0) is 12.3. The largest absolute Gasteiger partial charge is 0.292 e. The third kappa shape index (κ3) is 2.85. The maximum absolute atomic E-state index is 12.9. The number of carbonyl (C=O) groups excluding carboxylic acids is 1. The molecule has 2 aromatic rings. The minimum Gasteiger partial charge on any atom is -0.292 e. The fraction of sp³-hybridized carbons (Fsp3) is 0.0833. The predicted molar refractivity (Wildman–Crippen MR) is 61.5 cm³/mol. The van der Waals surface area contributed by atoms with E-state index in [0.717, 1.165) is 0 Å². The summed E-state index contributed by atoms with van der Waals surface area (Å²) in [7, 11) is 0. The Morgan fingerprint density at radius 2 is 2.18 bits per heavy atom. The first-order valence-electron chi connectivity index (χ1n) is 4.90. The van der Waals surface area contributed by atoms with Crippen molar-refractivity contribution in [2.75, 3.05) is 0 Å². The predicted octanol–water partition coefficient (Wildman–Crippen LogP) is 2.69. The molecule has 86 valence electrons. The van der Waals surface area contributed by atoms with Gasteiger partial charge in [-0.05, 0) is 23.8 Å². The number of Topliss-reactive ketones (excluding diaryl/α,β-unsaturated/α-hetero) is 1. The third-order valence-electron chi connectivity index (χ3n) is 2.22. The molecular formula is C12H8ClFN2O. The van der Waals surface area contributed by atoms with Gasteiger partial charge in [-0.1, -0.05) is 17.7 Å². The Labute approximate surface area is 102 Å². The van der Waals surface area contributed by atoms with Crippen molar-refractivity contribution >= 4 is 17.4 Å². The lowest BCUT2D eigenvalue weighted by atomic mass is 10.1. The number of rotatable bonds is 3. The van der Waals surface area contributed by atoms with Crippen LogP contribution in [-0.4, -0.2) is 15.8 Å². The molecule has 0 saturated carbocycles. The summed E-state index contributed by atoms with van der Waals surface area (Å²) in [5.74, 6) is -0.653. The summed E-state index contributed by atoms with van der Waals surface area (Å²) in [4.78, 5) is 19.4. The first-order chi connectivity index (χ1) is 8.16. The van der Waals surface area contributed by atoms with E-state index in [2.05, 4.69) is 9.97 Å². The number of aromatic nitrogens is 2. The van der Waals surface area contributed by atoms with Crippen LogP contribution in [0.4, 0.5) is 4.39 Å². The Bertz CT molecular complexity index is 545. The fourth-order valence-corrected chi connectivity index (χ4v) is 1.58. The Hall–Kier alpha value is -1.81. The van der Waals surface area contributed by atoms with Crippen LogP contribution in [0.25, 0.3) is 0 Å². The minimum atomic E-state index is -0.495. The molecule has 0 atom stereocenters. The SMILES string of the molecule is O=C(Cc1ccc(F)c(Cl)c1)c1ccncn1. The molecule has 0 aliphatic rings. The number of carbonyl (C=O) groups is 1. The van der Waals surface area contributed by atoms with E-state index in [1.54, 1.807) is 0 Å². The van der Waals surface area contributed by atoms with Gasteiger partial charge in [-0.15, -0.1) is 0 Å². The Morgan fingerprint density at radius 1 is 1.35 bits per heavy atom. The van der Waals surface area contributed by atoms with E-state index >= 15 is 0 Å². The number of halogens is 2. The van der Waals surface area contributed by atoms with Gasteiger partial charge in [0.25, 0.3) is 0 Å². The minimum absolute atomic E-state index is 0.0120. The smallest absolute Gasteiger partial charge is 0.185 e. The summed E-state index contributed by atoms with van der Waals surface area (Å²) in [6.07, 6.45) is 2.94. The summed E-state index contributed by atoms with van der Waals surface area (Å²) < 4.78 is 12.9. The van der Waals surface area contributed by atoms with Gasteiger partial charge in [-0.3, -0.25) is 4.79 Å². The lowest BCUT2D eigenvalue weighted by molar-refractivity contribution is 0.0988. The molecule has 1 heterocycles. The van der Waals surface area contributed by atoms with Crippen LogP contribution in [0.1, 0.15) is 16.1 Å². The summed E-state index contributed by atoms with van der Waals surface area (Å²) in [6, 6.07) is 5.74. The van der Waals surface area contributed by atoms with Crippen LogP contribution in [0.15, 0.2) is 36.8 Å². The first kappa shape index (κ1) is 11.7. The van der Waals surface area contributed by atoms with Crippen molar-refractivity contribution in [1.82, 2.24) is 9.97 Å². The molecule has 0 fully saturated rings. The van der Waals surface area contributed by atoms with E-state index in [9.17, 15) is 9.18 Å². The van der Waals surface area contributed by atoms with Crippen LogP contribution in [0, 0.1) is 5.82 Å². The van der Waals surface area contributed by atoms with E-state index in [1.807, 2.05) is 0 Å². The van der Waals surface area contributed by atoms with Gasteiger partial charge in [-0.2, -0.15) is 0 Å². The highest BCUT2D eigenvalue weighted by Gasteiger charge is 2.09. The molecule has 0 aliphatic carbocycles. The van der Waals surface area contributed by atoms with Gasteiger partial charge in [0.1, 0.15) is 17.8 Å². The second-order valence-electron chi connectivity index (χ2n) is 3.44. The van der Waals surface area contributed by atoms with Gasteiger partial charge in [0, 0.05) is 12.6 Å². The zero-order valence-corrected chi connectivity index (χ0v) is 9.49. The van der Waals surface area contributed by atoms with Gasteiger partial charge in [0.15, 0.2) is 5.78 Å². The van der Waals surface area contributed by atoms with Gasteiger partial charge >= 0.3 is 0 Å². The lowest BCUT2D eigenvalue weighted by Gasteiger charge is -2.01. The summed E-state index contributed by atoms with van der Waals surface area (Å²) in [5, 5.41) is 0.0120. The Kier molecular flexibility index (Phi) is 3.44. The molecule has 0 unspecified atom stereocenters. The molecule has 0 amide bonds. The van der Waals surface area contributed by atoms with Crippen molar-refractivity contribution in [3.63, 3.8) is 0 Å². The van der Waals surface area contributed by atoms with E-state index in [-0.39, 0.29) is 17.2 Å². The molecule has 0 radical (unpaired) electrons. The van der Waals surface area contributed by atoms with Crippen molar-refractivity contribution in [1.29, 1.82) is 0 Å². The molecule has 3 nitrogen and oxygen atoms in total. The molecule has 0 saturated heterocycles. The second kappa shape index (κ2) is 5.01. The van der Waals surface area contributed by atoms with Crippen molar-refractivity contribution in [2.45, 2.75) is 6.42 Å². The maximum Gasteiger partial charge on any atom is 0.185 e. The molecule has 0 N–H and O–H groups in total. The Balaban J connectivity index is 2.16. The van der Waals surface area contributed by atoms with Crippen LogP contribution in [0.3, 0.4) is 0 Å². The van der Waals surface area contributed by atoms with E-state index < -0.39 is 5.82 Å². The number of benzene rings is 1. The molecule has 0 spiro atoms. The number of hydrogen-bond donors (Lipinski definition) is 0. The summed E-state index contributed by atoms with van der Waals surface area (Å²) in [5.41, 5.74) is 0.987. The Morgan fingerprint density at radius 3 is 2.82 bits per heavy atom. The normalized spacial score (nSPS) is 10.2. The van der Waals surface area contributed by atoms with Gasteiger partial charge in [0.2, 0.25) is 0 Å². The topological polar surface area (TPSA) is 42.9 Å².